The fourth-order valence-electron chi connectivity index (χ4n) is 0.957. The van der Waals surface area contributed by atoms with Gasteiger partial charge in [0, 0.05) is 6.54 Å². The minimum absolute atomic E-state index is 0.366. The summed E-state index contributed by atoms with van der Waals surface area (Å²) in [4.78, 5) is 10.2. The van der Waals surface area contributed by atoms with Crippen molar-refractivity contribution in [2.24, 2.45) is 5.73 Å². The third-order valence-corrected chi connectivity index (χ3v) is 1.81. The first-order chi connectivity index (χ1) is 8.31. The lowest BCUT2D eigenvalue weighted by Gasteiger charge is -2.08. The Bertz CT molecular complexity index is 168. The molecule has 0 saturated heterocycles. The van der Waals surface area contributed by atoms with Crippen LogP contribution in [0.25, 0.3) is 0 Å². The summed E-state index contributed by atoms with van der Waals surface area (Å²) in [5.41, 5.74) is 5.25. The van der Waals surface area contributed by atoms with Crippen molar-refractivity contribution in [2.45, 2.75) is 13.0 Å². The van der Waals surface area contributed by atoms with Crippen LogP contribution in [0, 0.1) is 0 Å². The van der Waals surface area contributed by atoms with E-state index in [9.17, 15) is 4.79 Å². The van der Waals surface area contributed by atoms with Gasteiger partial charge in [0.25, 0.3) is 0 Å². The van der Waals surface area contributed by atoms with E-state index in [1.54, 1.807) is 6.92 Å². The summed E-state index contributed by atoms with van der Waals surface area (Å²) in [6.07, 6.45) is 0.388. The van der Waals surface area contributed by atoms with Crippen LogP contribution in [0.4, 0.5) is 0 Å². The third kappa shape index (κ3) is 13.4. The Kier molecular flexibility index (Phi) is 13.1. The summed E-state index contributed by atoms with van der Waals surface area (Å²) in [5, 5.41) is 0. The first kappa shape index (κ1) is 16.5. The average molecular weight is 249 g/mol. The zero-order chi connectivity index (χ0) is 12.8. The molecule has 2 N–H and O–H groups in total. The smallest absolute Gasteiger partial charge is 0.148 e. The predicted molar refractivity (Wildman–Crippen MR) is 63.0 cm³/mol. The van der Waals surface area contributed by atoms with Crippen molar-refractivity contribution >= 4 is 6.29 Å². The average Bonchev–Trinajstić information content (AvgIpc) is 2.35. The standard InChI is InChI=1S/C11H23NO5/c1-11(10-13)17-9-8-16-7-6-15-5-4-14-3-2-12/h10-11H,2-9,12H2,1H3. The number of ether oxygens (including phenoxy) is 4. The first-order valence-corrected chi connectivity index (χ1v) is 5.81. The lowest BCUT2D eigenvalue weighted by molar-refractivity contribution is -0.118. The van der Waals surface area contributed by atoms with Crippen LogP contribution in [0.2, 0.25) is 0 Å². The minimum atomic E-state index is -0.366. The highest BCUT2D eigenvalue weighted by Gasteiger charge is 1.97. The Labute approximate surface area is 102 Å². The molecule has 0 rings (SSSR count). The Hall–Kier alpha value is -0.530. The minimum Gasteiger partial charge on any atom is -0.378 e. The molecule has 0 radical (unpaired) electrons. The van der Waals surface area contributed by atoms with E-state index in [4.69, 9.17) is 24.7 Å². The van der Waals surface area contributed by atoms with Gasteiger partial charge in [-0.05, 0) is 6.92 Å². The van der Waals surface area contributed by atoms with Crippen molar-refractivity contribution in [3.8, 4) is 0 Å². The Morgan fingerprint density at radius 1 is 0.941 bits per heavy atom. The monoisotopic (exact) mass is 249 g/mol. The molecule has 0 amide bonds. The van der Waals surface area contributed by atoms with Crippen molar-refractivity contribution < 1.29 is 23.7 Å². The van der Waals surface area contributed by atoms with E-state index in [1.807, 2.05) is 0 Å². The molecule has 1 atom stereocenters. The summed E-state index contributed by atoms with van der Waals surface area (Å²) in [7, 11) is 0. The van der Waals surface area contributed by atoms with Crippen LogP contribution >= 0.6 is 0 Å². The van der Waals surface area contributed by atoms with Gasteiger partial charge >= 0.3 is 0 Å². The fourth-order valence-corrected chi connectivity index (χ4v) is 0.957. The Morgan fingerprint density at radius 3 is 1.88 bits per heavy atom. The van der Waals surface area contributed by atoms with Crippen molar-refractivity contribution in [1.82, 2.24) is 0 Å². The molecule has 0 fully saturated rings. The fraction of sp³-hybridized carbons (Fsp3) is 0.909. The van der Waals surface area contributed by atoms with Crippen molar-refractivity contribution in [3.63, 3.8) is 0 Å². The van der Waals surface area contributed by atoms with Gasteiger partial charge in [0.05, 0.1) is 46.2 Å². The number of rotatable bonds is 13. The second-order valence-electron chi connectivity index (χ2n) is 3.34. The van der Waals surface area contributed by atoms with E-state index < -0.39 is 0 Å². The van der Waals surface area contributed by atoms with Crippen LogP contribution in [0.3, 0.4) is 0 Å². The van der Waals surface area contributed by atoms with E-state index in [1.165, 1.54) is 0 Å². The van der Waals surface area contributed by atoms with Gasteiger partial charge in [0.1, 0.15) is 12.4 Å². The van der Waals surface area contributed by atoms with Crippen LogP contribution in [0.1, 0.15) is 6.92 Å². The van der Waals surface area contributed by atoms with E-state index >= 15 is 0 Å². The van der Waals surface area contributed by atoms with Gasteiger partial charge in [-0.15, -0.1) is 0 Å². The maximum Gasteiger partial charge on any atom is 0.148 e. The number of carbonyl (C=O) groups excluding carboxylic acids is 1. The van der Waals surface area contributed by atoms with E-state index in [-0.39, 0.29) is 6.10 Å². The molecule has 0 aliphatic carbocycles. The van der Waals surface area contributed by atoms with Gasteiger partial charge < -0.3 is 29.5 Å². The number of nitrogens with two attached hydrogens (primary N) is 1. The topological polar surface area (TPSA) is 80.0 Å². The molecule has 0 aromatic carbocycles. The SMILES string of the molecule is CC(C=O)OCCOCCOCCOCCN. The number of carbonyl (C=O) groups is 1. The quantitative estimate of drug-likeness (QED) is 0.353. The molecule has 0 heterocycles. The molecular formula is C11H23NO5. The zero-order valence-corrected chi connectivity index (χ0v) is 10.4. The van der Waals surface area contributed by atoms with Gasteiger partial charge in [-0.2, -0.15) is 0 Å². The molecule has 102 valence electrons. The van der Waals surface area contributed by atoms with Crippen LogP contribution < -0.4 is 5.73 Å². The van der Waals surface area contributed by atoms with Gasteiger partial charge in [0.15, 0.2) is 0 Å². The second-order valence-corrected chi connectivity index (χ2v) is 3.34. The van der Waals surface area contributed by atoms with Crippen LogP contribution in [0.5, 0.6) is 0 Å². The Balaban J connectivity index is 2.96. The number of aldehydes is 1. The van der Waals surface area contributed by atoms with E-state index in [0.29, 0.717) is 52.8 Å². The maximum absolute atomic E-state index is 10.2. The van der Waals surface area contributed by atoms with Crippen LogP contribution in [0.15, 0.2) is 0 Å². The van der Waals surface area contributed by atoms with Crippen LogP contribution in [-0.2, 0) is 23.7 Å². The maximum atomic E-state index is 10.2. The summed E-state index contributed by atoms with van der Waals surface area (Å²) in [6.45, 7) is 5.79. The van der Waals surface area contributed by atoms with Crippen LogP contribution in [-0.4, -0.2) is 65.2 Å². The molecule has 0 aromatic heterocycles. The zero-order valence-electron chi connectivity index (χ0n) is 10.4. The molecule has 0 spiro atoms. The van der Waals surface area contributed by atoms with Crippen molar-refractivity contribution in [2.75, 3.05) is 52.8 Å². The highest BCUT2D eigenvalue weighted by molar-refractivity contribution is 5.55. The van der Waals surface area contributed by atoms with Gasteiger partial charge in [-0.1, -0.05) is 0 Å². The van der Waals surface area contributed by atoms with E-state index in [2.05, 4.69) is 0 Å². The molecule has 0 aromatic rings. The summed E-state index contributed by atoms with van der Waals surface area (Å²) in [6, 6.07) is 0. The van der Waals surface area contributed by atoms with Crippen molar-refractivity contribution in [3.05, 3.63) is 0 Å². The largest absolute Gasteiger partial charge is 0.378 e. The molecule has 6 heteroatoms. The molecule has 0 aliphatic heterocycles. The molecule has 17 heavy (non-hydrogen) atoms. The number of hydrogen-bond acceptors (Lipinski definition) is 6. The van der Waals surface area contributed by atoms with Crippen molar-refractivity contribution in [1.29, 1.82) is 0 Å². The highest BCUT2D eigenvalue weighted by atomic mass is 16.6. The molecule has 0 bridgehead atoms. The summed E-state index contributed by atoms with van der Waals surface area (Å²) >= 11 is 0. The lowest BCUT2D eigenvalue weighted by Crippen LogP contribution is -2.16. The lowest BCUT2D eigenvalue weighted by atomic mass is 10.5. The van der Waals surface area contributed by atoms with Gasteiger partial charge in [0.2, 0.25) is 0 Å². The third-order valence-electron chi connectivity index (χ3n) is 1.81. The molecule has 0 aliphatic rings. The molecule has 1 unspecified atom stereocenters. The molecule has 0 saturated carbocycles. The summed E-state index contributed by atoms with van der Waals surface area (Å²) < 4.78 is 20.7. The molecular weight excluding hydrogens is 226 g/mol. The normalized spacial score (nSPS) is 12.6. The van der Waals surface area contributed by atoms with Gasteiger partial charge in [-0.3, -0.25) is 0 Å². The first-order valence-electron chi connectivity index (χ1n) is 5.81. The summed E-state index contributed by atoms with van der Waals surface area (Å²) in [5.74, 6) is 0. The van der Waals surface area contributed by atoms with Gasteiger partial charge in [-0.25, -0.2) is 0 Å². The Morgan fingerprint density at radius 2 is 1.41 bits per heavy atom. The number of hydrogen-bond donors (Lipinski definition) is 1. The highest BCUT2D eigenvalue weighted by Crippen LogP contribution is 1.86. The predicted octanol–water partition coefficient (Wildman–Crippen LogP) is -0.401. The van der Waals surface area contributed by atoms with E-state index in [0.717, 1.165) is 6.29 Å². The molecule has 6 nitrogen and oxygen atoms in total. The second kappa shape index (κ2) is 13.5.